The van der Waals surface area contributed by atoms with Crippen molar-refractivity contribution in [1.29, 1.82) is 0 Å². The van der Waals surface area contributed by atoms with E-state index in [0.29, 0.717) is 0 Å². The van der Waals surface area contributed by atoms with Gasteiger partial charge in [0.2, 0.25) is 0 Å². The van der Waals surface area contributed by atoms with Crippen molar-refractivity contribution >= 4 is 11.6 Å². The van der Waals surface area contributed by atoms with Crippen molar-refractivity contribution in [3.63, 3.8) is 0 Å². The van der Waals surface area contributed by atoms with Crippen LogP contribution in [-0.2, 0) is 17.7 Å². The Balaban J connectivity index is 2.24. The van der Waals surface area contributed by atoms with Crippen LogP contribution in [0.4, 0.5) is 0 Å². The number of rotatable bonds is 6. The van der Waals surface area contributed by atoms with E-state index in [4.69, 9.17) is 16.3 Å². The molecule has 2 atom stereocenters. The van der Waals surface area contributed by atoms with E-state index in [-0.39, 0.29) is 11.6 Å². The minimum absolute atomic E-state index is 0.101. The van der Waals surface area contributed by atoms with Crippen LogP contribution in [0.2, 0.25) is 5.02 Å². The Kier molecular flexibility index (Phi) is 5.10. The standard InChI is InChI=1S/C15H26ClN3O/c1-5-17-13(15(4)8-7-9-20-15)10-12-14(16)11(3)18-19(12)6-2/h13,17H,5-10H2,1-4H3. The molecule has 1 aliphatic rings. The van der Waals surface area contributed by atoms with Gasteiger partial charge in [-0.1, -0.05) is 18.5 Å². The van der Waals surface area contributed by atoms with E-state index < -0.39 is 0 Å². The average molecular weight is 300 g/mol. The largest absolute Gasteiger partial charge is 0.374 e. The van der Waals surface area contributed by atoms with Crippen molar-refractivity contribution in [2.45, 2.75) is 65.1 Å². The number of hydrogen-bond donors (Lipinski definition) is 1. The van der Waals surface area contributed by atoms with Crippen LogP contribution < -0.4 is 5.32 Å². The maximum Gasteiger partial charge on any atom is 0.0847 e. The zero-order chi connectivity index (χ0) is 14.8. The molecule has 1 aliphatic heterocycles. The Morgan fingerprint density at radius 2 is 2.25 bits per heavy atom. The third-order valence-electron chi connectivity index (χ3n) is 4.29. The molecule has 0 radical (unpaired) electrons. The van der Waals surface area contributed by atoms with E-state index in [0.717, 1.165) is 55.4 Å². The van der Waals surface area contributed by atoms with Crippen LogP contribution in [-0.4, -0.2) is 34.6 Å². The molecule has 0 amide bonds. The van der Waals surface area contributed by atoms with Gasteiger partial charge in [0.25, 0.3) is 0 Å². The molecular formula is C15H26ClN3O. The van der Waals surface area contributed by atoms with E-state index in [2.05, 4.69) is 31.2 Å². The molecule has 1 fully saturated rings. The van der Waals surface area contributed by atoms with Crippen molar-refractivity contribution in [1.82, 2.24) is 15.1 Å². The predicted octanol–water partition coefficient (Wildman–Crippen LogP) is 2.95. The van der Waals surface area contributed by atoms with Gasteiger partial charge in [-0.15, -0.1) is 0 Å². The molecule has 114 valence electrons. The zero-order valence-electron chi connectivity index (χ0n) is 13.0. The zero-order valence-corrected chi connectivity index (χ0v) is 13.8. The maximum atomic E-state index is 6.44. The topological polar surface area (TPSA) is 39.1 Å². The molecular weight excluding hydrogens is 274 g/mol. The summed E-state index contributed by atoms with van der Waals surface area (Å²) < 4.78 is 8.03. The molecule has 4 nitrogen and oxygen atoms in total. The van der Waals surface area contributed by atoms with Crippen molar-refractivity contribution in [3.8, 4) is 0 Å². The van der Waals surface area contributed by atoms with Gasteiger partial charge in [0.1, 0.15) is 0 Å². The third-order valence-corrected chi connectivity index (χ3v) is 4.78. The van der Waals surface area contributed by atoms with E-state index in [1.165, 1.54) is 0 Å². The SMILES string of the molecule is CCNC(Cc1c(Cl)c(C)nn1CC)C1(C)CCCO1. The van der Waals surface area contributed by atoms with Gasteiger partial charge in [0.05, 0.1) is 22.0 Å². The average Bonchev–Trinajstić information content (AvgIpc) is 2.97. The number of nitrogens with zero attached hydrogens (tertiary/aromatic N) is 2. The minimum Gasteiger partial charge on any atom is -0.374 e. The monoisotopic (exact) mass is 299 g/mol. The normalized spacial score (nSPS) is 24.2. The first-order chi connectivity index (χ1) is 9.51. The van der Waals surface area contributed by atoms with Gasteiger partial charge in [0.15, 0.2) is 0 Å². The summed E-state index contributed by atoms with van der Waals surface area (Å²) in [4.78, 5) is 0. The number of likely N-dealkylation sites (N-methyl/N-ethyl adjacent to an activating group) is 1. The molecule has 1 saturated heterocycles. The van der Waals surface area contributed by atoms with Gasteiger partial charge < -0.3 is 10.1 Å². The molecule has 2 heterocycles. The van der Waals surface area contributed by atoms with E-state index >= 15 is 0 Å². The molecule has 1 aromatic rings. The van der Waals surface area contributed by atoms with Gasteiger partial charge in [-0.05, 0) is 40.2 Å². The van der Waals surface area contributed by atoms with Crippen molar-refractivity contribution < 1.29 is 4.74 Å². The van der Waals surface area contributed by atoms with Crippen LogP contribution in [0.15, 0.2) is 0 Å². The fourth-order valence-electron chi connectivity index (χ4n) is 3.08. The molecule has 2 unspecified atom stereocenters. The molecule has 0 saturated carbocycles. The van der Waals surface area contributed by atoms with Gasteiger partial charge >= 0.3 is 0 Å². The summed E-state index contributed by atoms with van der Waals surface area (Å²) in [7, 11) is 0. The number of hydrogen-bond acceptors (Lipinski definition) is 3. The Morgan fingerprint density at radius 3 is 2.80 bits per heavy atom. The van der Waals surface area contributed by atoms with Gasteiger partial charge in [-0.2, -0.15) is 5.10 Å². The fraction of sp³-hybridized carbons (Fsp3) is 0.800. The number of nitrogens with one attached hydrogen (secondary N) is 1. The van der Waals surface area contributed by atoms with Crippen LogP contribution in [0.1, 0.15) is 45.0 Å². The van der Waals surface area contributed by atoms with Gasteiger partial charge in [-0.3, -0.25) is 4.68 Å². The second-order valence-corrected chi connectivity index (χ2v) is 6.12. The second-order valence-electron chi connectivity index (χ2n) is 5.74. The summed E-state index contributed by atoms with van der Waals surface area (Å²) in [5.74, 6) is 0. The molecule has 20 heavy (non-hydrogen) atoms. The summed E-state index contributed by atoms with van der Waals surface area (Å²) in [6, 6.07) is 0.272. The lowest BCUT2D eigenvalue weighted by Gasteiger charge is -2.34. The van der Waals surface area contributed by atoms with Crippen molar-refractivity contribution in [2.75, 3.05) is 13.2 Å². The Morgan fingerprint density at radius 1 is 1.50 bits per heavy atom. The third kappa shape index (κ3) is 3.02. The highest BCUT2D eigenvalue weighted by Gasteiger charge is 2.38. The first-order valence-corrected chi connectivity index (χ1v) is 7.98. The molecule has 0 spiro atoms. The number of aromatic nitrogens is 2. The minimum atomic E-state index is -0.101. The number of aryl methyl sites for hydroxylation is 2. The first-order valence-electron chi connectivity index (χ1n) is 7.61. The van der Waals surface area contributed by atoms with E-state index in [1.54, 1.807) is 0 Å². The van der Waals surface area contributed by atoms with Crippen LogP contribution in [0.5, 0.6) is 0 Å². The predicted molar refractivity (Wildman–Crippen MR) is 82.4 cm³/mol. The fourth-order valence-corrected chi connectivity index (χ4v) is 3.30. The molecule has 1 N–H and O–H groups in total. The summed E-state index contributed by atoms with van der Waals surface area (Å²) in [6.07, 6.45) is 3.09. The highest BCUT2D eigenvalue weighted by molar-refractivity contribution is 6.31. The van der Waals surface area contributed by atoms with Crippen LogP contribution in [0.3, 0.4) is 0 Å². The Labute approximate surface area is 126 Å². The van der Waals surface area contributed by atoms with Crippen molar-refractivity contribution in [3.05, 3.63) is 16.4 Å². The van der Waals surface area contributed by atoms with Gasteiger partial charge in [-0.25, -0.2) is 0 Å². The number of ether oxygens (including phenoxy) is 1. The molecule has 0 aliphatic carbocycles. The highest BCUT2D eigenvalue weighted by atomic mass is 35.5. The van der Waals surface area contributed by atoms with E-state index in [1.807, 2.05) is 11.6 Å². The summed E-state index contributed by atoms with van der Waals surface area (Å²) >= 11 is 6.44. The summed E-state index contributed by atoms with van der Waals surface area (Å²) in [6.45, 7) is 11.0. The lowest BCUT2D eigenvalue weighted by Crippen LogP contribution is -2.50. The van der Waals surface area contributed by atoms with Gasteiger partial charge in [0, 0.05) is 25.6 Å². The summed E-state index contributed by atoms with van der Waals surface area (Å²) in [5, 5.41) is 8.89. The van der Waals surface area contributed by atoms with Crippen LogP contribution in [0, 0.1) is 6.92 Å². The van der Waals surface area contributed by atoms with Crippen LogP contribution >= 0.6 is 11.6 Å². The van der Waals surface area contributed by atoms with E-state index in [9.17, 15) is 0 Å². The lowest BCUT2D eigenvalue weighted by atomic mass is 9.89. The molecule has 5 heteroatoms. The Hall–Kier alpha value is -0.580. The highest BCUT2D eigenvalue weighted by Crippen LogP contribution is 2.32. The molecule has 0 aromatic carbocycles. The van der Waals surface area contributed by atoms with Crippen LogP contribution in [0.25, 0.3) is 0 Å². The first kappa shape index (κ1) is 15.8. The Bertz CT molecular complexity index is 452. The lowest BCUT2D eigenvalue weighted by molar-refractivity contribution is -0.0115. The maximum absolute atomic E-state index is 6.44. The number of halogens is 1. The van der Waals surface area contributed by atoms with Crippen molar-refractivity contribution in [2.24, 2.45) is 0 Å². The smallest absolute Gasteiger partial charge is 0.0847 e. The quantitative estimate of drug-likeness (QED) is 0.878. The summed E-state index contributed by atoms with van der Waals surface area (Å²) in [5.41, 5.74) is 1.93. The molecule has 2 rings (SSSR count). The molecule has 0 bridgehead atoms. The second kappa shape index (κ2) is 6.46. The molecule has 1 aromatic heterocycles.